The van der Waals surface area contributed by atoms with Crippen LogP contribution in [0.2, 0.25) is 0 Å². The summed E-state index contributed by atoms with van der Waals surface area (Å²) in [5.74, 6) is 0.900. The largest absolute Gasteiger partial charge is 0.377 e. The lowest BCUT2D eigenvalue weighted by Gasteiger charge is -2.14. The van der Waals surface area contributed by atoms with E-state index in [2.05, 4.69) is 22.3 Å². The van der Waals surface area contributed by atoms with Crippen LogP contribution in [0.15, 0.2) is 6.33 Å². The van der Waals surface area contributed by atoms with Crippen LogP contribution in [0.25, 0.3) is 0 Å². The van der Waals surface area contributed by atoms with E-state index in [0.29, 0.717) is 12.1 Å². The van der Waals surface area contributed by atoms with Gasteiger partial charge in [-0.05, 0) is 13.3 Å². The van der Waals surface area contributed by atoms with Gasteiger partial charge in [-0.2, -0.15) is 5.10 Å². The van der Waals surface area contributed by atoms with E-state index in [1.807, 2.05) is 7.05 Å². The molecule has 1 saturated heterocycles. The molecule has 0 saturated carbocycles. The Morgan fingerprint density at radius 3 is 3.13 bits per heavy atom. The zero-order valence-corrected chi connectivity index (χ0v) is 9.31. The van der Waals surface area contributed by atoms with Crippen LogP contribution in [0.4, 0.5) is 0 Å². The fraction of sp³-hybridized carbons (Fsp3) is 0.800. The van der Waals surface area contributed by atoms with Gasteiger partial charge in [-0.15, -0.1) is 0 Å². The van der Waals surface area contributed by atoms with Gasteiger partial charge in [0.05, 0.1) is 6.10 Å². The van der Waals surface area contributed by atoms with Gasteiger partial charge in [-0.3, -0.25) is 4.68 Å². The van der Waals surface area contributed by atoms with E-state index >= 15 is 0 Å². The molecule has 5 heteroatoms. The first kappa shape index (κ1) is 10.6. The summed E-state index contributed by atoms with van der Waals surface area (Å²) in [4.78, 5) is 4.18. The van der Waals surface area contributed by atoms with Crippen LogP contribution in [0.1, 0.15) is 19.2 Å². The summed E-state index contributed by atoms with van der Waals surface area (Å²) < 4.78 is 7.21. The zero-order valence-electron chi connectivity index (χ0n) is 9.31. The summed E-state index contributed by atoms with van der Waals surface area (Å²) in [5.41, 5.74) is 0. The molecule has 0 aromatic carbocycles. The summed E-state index contributed by atoms with van der Waals surface area (Å²) in [5, 5.41) is 7.70. The van der Waals surface area contributed by atoms with Crippen molar-refractivity contribution in [2.75, 3.05) is 13.2 Å². The van der Waals surface area contributed by atoms with Gasteiger partial charge < -0.3 is 10.1 Å². The molecule has 2 atom stereocenters. The summed E-state index contributed by atoms with van der Waals surface area (Å²) in [7, 11) is 1.89. The number of rotatable bonds is 4. The maximum atomic E-state index is 5.47. The molecule has 1 aliphatic rings. The highest BCUT2D eigenvalue weighted by Gasteiger charge is 2.23. The minimum Gasteiger partial charge on any atom is -0.377 e. The summed E-state index contributed by atoms with van der Waals surface area (Å²) in [6.45, 7) is 3.91. The highest BCUT2D eigenvalue weighted by Crippen LogP contribution is 2.12. The van der Waals surface area contributed by atoms with Gasteiger partial charge in [0.2, 0.25) is 0 Å². The molecule has 1 fully saturated rings. The van der Waals surface area contributed by atoms with Gasteiger partial charge in [-0.25, -0.2) is 4.98 Å². The number of nitrogens with one attached hydrogen (secondary N) is 1. The van der Waals surface area contributed by atoms with Crippen LogP contribution in [0.5, 0.6) is 0 Å². The number of ether oxygens (including phenoxy) is 1. The molecular weight excluding hydrogens is 192 g/mol. The predicted molar refractivity (Wildman–Crippen MR) is 56.5 cm³/mol. The second-order valence-electron chi connectivity index (χ2n) is 4.01. The number of hydrogen-bond donors (Lipinski definition) is 1. The molecule has 5 nitrogen and oxygen atoms in total. The van der Waals surface area contributed by atoms with Crippen molar-refractivity contribution >= 4 is 0 Å². The van der Waals surface area contributed by atoms with Crippen molar-refractivity contribution in [3.8, 4) is 0 Å². The predicted octanol–water partition coefficient (Wildman–Crippen LogP) is 0.125. The SMILES string of the molecule is CC1OCCC1NCCc1ncn(C)n1. The molecule has 15 heavy (non-hydrogen) atoms. The Morgan fingerprint density at radius 1 is 1.67 bits per heavy atom. The van der Waals surface area contributed by atoms with Crippen molar-refractivity contribution in [3.05, 3.63) is 12.2 Å². The van der Waals surface area contributed by atoms with E-state index in [0.717, 1.165) is 31.8 Å². The van der Waals surface area contributed by atoms with Gasteiger partial charge >= 0.3 is 0 Å². The van der Waals surface area contributed by atoms with E-state index in [1.54, 1.807) is 11.0 Å². The smallest absolute Gasteiger partial charge is 0.151 e. The fourth-order valence-corrected chi connectivity index (χ4v) is 1.87. The molecule has 0 amide bonds. The molecule has 0 spiro atoms. The number of hydrogen-bond acceptors (Lipinski definition) is 4. The second kappa shape index (κ2) is 4.72. The van der Waals surface area contributed by atoms with E-state index in [4.69, 9.17) is 4.74 Å². The second-order valence-corrected chi connectivity index (χ2v) is 4.01. The van der Waals surface area contributed by atoms with Gasteiger partial charge in [-0.1, -0.05) is 0 Å². The van der Waals surface area contributed by atoms with Crippen molar-refractivity contribution in [1.29, 1.82) is 0 Å². The number of aryl methyl sites for hydroxylation is 1. The molecule has 1 aromatic rings. The van der Waals surface area contributed by atoms with E-state index < -0.39 is 0 Å². The van der Waals surface area contributed by atoms with Gasteiger partial charge in [0, 0.05) is 32.7 Å². The van der Waals surface area contributed by atoms with Crippen molar-refractivity contribution < 1.29 is 4.74 Å². The Bertz CT molecular complexity index is 312. The summed E-state index contributed by atoms with van der Waals surface area (Å²) in [6, 6.07) is 0.494. The molecule has 1 N–H and O–H groups in total. The van der Waals surface area contributed by atoms with Gasteiger partial charge in [0.15, 0.2) is 5.82 Å². The van der Waals surface area contributed by atoms with Crippen molar-refractivity contribution in [2.24, 2.45) is 7.05 Å². The Balaban J connectivity index is 1.70. The molecule has 1 aromatic heterocycles. The Morgan fingerprint density at radius 2 is 2.53 bits per heavy atom. The normalized spacial score (nSPS) is 26.0. The maximum Gasteiger partial charge on any atom is 0.151 e. The third-order valence-corrected chi connectivity index (χ3v) is 2.78. The quantitative estimate of drug-likeness (QED) is 0.767. The van der Waals surface area contributed by atoms with Crippen molar-refractivity contribution in [1.82, 2.24) is 20.1 Å². The van der Waals surface area contributed by atoms with Gasteiger partial charge in [0.25, 0.3) is 0 Å². The van der Waals surface area contributed by atoms with Crippen LogP contribution in [0, 0.1) is 0 Å². The Hall–Kier alpha value is -0.940. The zero-order chi connectivity index (χ0) is 10.7. The van der Waals surface area contributed by atoms with Crippen LogP contribution in [-0.2, 0) is 18.2 Å². The number of nitrogens with zero attached hydrogens (tertiary/aromatic N) is 3. The number of aromatic nitrogens is 3. The summed E-state index contributed by atoms with van der Waals surface area (Å²) >= 11 is 0. The first-order valence-corrected chi connectivity index (χ1v) is 5.45. The van der Waals surface area contributed by atoms with E-state index in [-0.39, 0.29) is 0 Å². The first-order valence-electron chi connectivity index (χ1n) is 5.45. The molecule has 2 rings (SSSR count). The molecule has 0 radical (unpaired) electrons. The van der Waals surface area contributed by atoms with Crippen LogP contribution >= 0.6 is 0 Å². The molecule has 0 bridgehead atoms. The molecule has 1 aliphatic heterocycles. The highest BCUT2D eigenvalue weighted by atomic mass is 16.5. The van der Waals surface area contributed by atoms with Crippen LogP contribution in [-0.4, -0.2) is 40.1 Å². The maximum absolute atomic E-state index is 5.47. The fourth-order valence-electron chi connectivity index (χ4n) is 1.87. The lowest BCUT2D eigenvalue weighted by atomic mass is 10.1. The van der Waals surface area contributed by atoms with Crippen molar-refractivity contribution in [2.45, 2.75) is 31.9 Å². The topological polar surface area (TPSA) is 52.0 Å². The van der Waals surface area contributed by atoms with Crippen LogP contribution in [0.3, 0.4) is 0 Å². The summed E-state index contributed by atoms with van der Waals surface area (Å²) in [6.07, 6.45) is 4.05. The van der Waals surface area contributed by atoms with E-state index in [1.165, 1.54) is 0 Å². The van der Waals surface area contributed by atoms with Crippen molar-refractivity contribution in [3.63, 3.8) is 0 Å². The molecule has 2 heterocycles. The molecule has 84 valence electrons. The van der Waals surface area contributed by atoms with Gasteiger partial charge in [0.1, 0.15) is 6.33 Å². The molecular formula is C10H18N4O. The Kier molecular flexibility index (Phi) is 3.33. The minimum absolute atomic E-state index is 0.335. The minimum atomic E-state index is 0.335. The highest BCUT2D eigenvalue weighted by molar-refractivity contribution is 4.85. The lowest BCUT2D eigenvalue weighted by molar-refractivity contribution is 0.113. The third-order valence-electron chi connectivity index (χ3n) is 2.78. The van der Waals surface area contributed by atoms with E-state index in [9.17, 15) is 0 Å². The monoisotopic (exact) mass is 210 g/mol. The Labute approximate surface area is 89.8 Å². The standard InChI is InChI=1S/C10H18N4O/c1-8-9(4-6-15-8)11-5-3-10-12-7-14(2)13-10/h7-9,11H,3-6H2,1-2H3. The average Bonchev–Trinajstić information content (AvgIpc) is 2.77. The lowest BCUT2D eigenvalue weighted by Crippen LogP contribution is -2.36. The third kappa shape index (κ3) is 2.76. The molecule has 0 aliphatic carbocycles. The first-order chi connectivity index (χ1) is 7.25. The van der Waals surface area contributed by atoms with Crippen LogP contribution < -0.4 is 5.32 Å². The average molecular weight is 210 g/mol. The molecule has 2 unspecified atom stereocenters.